The van der Waals surface area contributed by atoms with E-state index in [1.165, 1.54) is 6.07 Å². The molecule has 0 bridgehead atoms. The van der Waals surface area contributed by atoms with Crippen molar-refractivity contribution in [1.82, 2.24) is 15.0 Å². The molecule has 0 unspecified atom stereocenters. The first-order valence-corrected chi connectivity index (χ1v) is 17.6. The highest BCUT2D eigenvalue weighted by Gasteiger charge is 2.43. The number of allylic oxidation sites excluding steroid dienone is 6. The number of thiazole rings is 3. The maximum Gasteiger partial charge on any atom is 0.437 e. The maximum absolute atomic E-state index is 16.8. The highest BCUT2D eigenvalue weighted by molar-refractivity contribution is 7.13. The van der Waals surface area contributed by atoms with Gasteiger partial charge in [0, 0.05) is 36.2 Å². The van der Waals surface area contributed by atoms with Crippen molar-refractivity contribution in [2.24, 2.45) is 0 Å². The summed E-state index contributed by atoms with van der Waals surface area (Å²) in [6, 6.07) is 3.29. The molecule has 0 atom stereocenters. The number of aromatic nitrogens is 3. The van der Waals surface area contributed by atoms with E-state index in [-0.39, 0.29) is 11.3 Å². The average Bonchev–Trinajstić information content (AvgIpc) is 3.97. The molecule has 0 spiro atoms. The second-order valence-corrected chi connectivity index (χ2v) is 15.0. The Kier molecular flexibility index (Phi) is 9.57. The van der Waals surface area contributed by atoms with Crippen LogP contribution in [0, 0.1) is 51.2 Å². The van der Waals surface area contributed by atoms with Crippen LogP contribution in [-0.2, 0) is 18.5 Å². The number of hydrogen-bond donors (Lipinski definition) is 0. The van der Waals surface area contributed by atoms with Crippen molar-refractivity contribution in [3.05, 3.63) is 95.3 Å². The van der Waals surface area contributed by atoms with Crippen LogP contribution in [-0.4, -0.2) is 15.0 Å². The Balaban J connectivity index is 1.75. The minimum atomic E-state index is -5.56. The summed E-state index contributed by atoms with van der Waals surface area (Å²) in [5.41, 5.74) is -16.3. The molecule has 306 valence electrons. The molecule has 0 radical (unpaired) electrons. The van der Waals surface area contributed by atoms with Crippen molar-refractivity contribution < 1.29 is 74.6 Å². The minimum Gasteiger partial charge on any atom is -0.230 e. The van der Waals surface area contributed by atoms with Gasteiger partial charge in [-0.05, 0) is 6.92 Å². The zero-order valence-electron chi connectivity index (χ0n) is 27.8. The molecule has 0 aliphatic heterocycles. The molecule has 7 rings (SSSR count). The van der Waals surface area contributed by atoms with Gasteiger partial charge in [0.05, 0.1) is 16.7 Å². The Bertz CT molecular complexity index is 2860. The molecule has 60 heavy (non-hydrogen) atoms. The molecule has 0 N–H and O–H groups in total. The largest absolute Gasteiger partial charge is 0.437 e. The van der Waals surface area contributed by atoms with Gasteiger partial charge in [-0.15, -0.1) is 11.3 Å². The van der Waals surface area contributed by atoms with Crippen molar-refractivity contribution in [2.75, 3.05) is 0 Å². The van der Waals surface area contributed by atoms with Crippen LogP contribution >= 0.6 is 34.0 Å². The van der Waals surface area contributed by atoms with Crippen LogP contribution in [0.1, 0.15) is 37.0 Å². The summed E-state index contributed by atoms with van der Waals surface area (Å²) in [6.07, 6.45) is -16.3. The molecular weight excluding hydrogens is 912 g/mol. The molecule has 1 aromatic carbocycles. The summed E-state index contributed by atoms with van der Waals surface area (Å²) in [5, 5.41) is 11.4. The van der Waals surface area contributed by atoms with Crippen molar-refractivity contribution in [1.29, 1.82) is 15.8 Å². The zero-order chi connectivity index (χ0) is 44.5. The summed E-state index contributed by atoms with van der Waals surface area (Å²) in [6.45, 7) is 0.831. The smallest absolute Gasteiger partial charge is 0.230 e. The third kappa shape index (κ3) is 5.97. The van der Waals surface area contributed by atoms with Crippen molar-refractivity contribution in [2.45, 2.75) is 25.5 Å². The molecule has 3 aromatic heterocycles. The summed E-state index contributed by atoms with van der Waals surface area (Å²) < 4.78 is 250. The van der Waals surface area contributed by atoms with E-state index in [9.17, 15) is 64.1 Å². The summed E-state index contributed by atoms with van der Waals surface area (Å²) in [5.74, 6) is -13.6. The predicted molar refractivity (Wildman–Crippen MR) is 175 cm³/mol. The van der Waals surface area contributed by atoms with E-state index >= 15 is 26.3 Å². The van der Waals surface area contributed by atoms with Crippen molar-refractivity contribution >= 4 is 85.7 Å². The first-order chi connectivity index (χ1) is 27.8. The Hall–Kier alpha value is -6.17. The fourth-order valence-electron chi connectivity index (χ4n) is 6.33. The standard InChI is InChI=1S/C34H3F17N6S3/c1-5-24(32(43,44)45)55-29(58-5)6(2-52)9-18(35)12-13(19(9)36)15-17(23(40)11(21(15)38)8(4-54)31-57-26(28(42)60-31)34(49,50)51)16-14(12)20(37)10(22(16)39)7(3-53)30-56-25(27(41)59-30)33(46,47)48/h1H3/b9-6?,10-7-,11-8+. The first-order valence-electron chi connectivity index (χ1n) is 15.2. The van der Waals surface area contributed by atoms with Gasteiger partial charge in [0.15, 0.2) is 17.1 Å². The normalized spacial score (nSPS) is 17.9. The lowest BCUT2D eigenvalue weighted by molar-refractivity contribution is -0.143. The Morgan fingerprint density at radius 2 is 0.650 bits per heavy atom. The minimum absolute atomic E-state index is 0.0375. The Labute approximate surface area is 329 Å². The Morgan fingerprint density at radius 1 is 0.417 bits per heavy atom. The van der Waals surface area contributed by atoms with Crippen molar-refractivity contribution in [3.63, 3.8) is 0 Å². The van der Waals surface area contributed by atoms with E-state index in [0.717, 1.165) is 19.1 Å². The number of rotatable bonds is 3. The van der Waals surface area contributed by atoms with Gasteiger partial charge < -0.3 is 0 Å². The van der Waals surface area contributed by atoms with Gasteiger partial charge in [-0.3, -0.25) is 0 Å². The molecule has 3 heterocycles. The predicted octanol–water partition coefficient (Wildman–Crippen LogP) is 7.14. The maximum atomic E-state index is 16.8. The van der Waals surface area contributed by atoms with Gasteiger partial charge >= 0.3 is 18.5 Å². The lowest BCUT2D eigenvalue weighted by atomic mass is 10.1. The molecule has 0 saturated carbocycles. The highest BCUT2D eigenvalue weighted by Crippen LogP contribution is 2.43. The van der Waals surface area contributed by atoms with Crippen LogP contribution in [0.2, 0.25) is 0 Å². The highest BCUT2D eigenvalue weighted by atomic mass is 32.1. The van der Waals surface area contributed by atoms with Gasteiger partial charge in [-0.1, -0.05) is 22.7 Å². The lowest BCUT2D eigenvalue weighted by Gasteiger charge is -2.03. The molecule has 3 aliphatic rings. The van der Waals surface area contributed by atoms with Gasteiger partial charge in [0.25, 0.3) is 0 Å². The number of nitrogens with zero attached hydrogens (tertiary/aromatic N) is 6. The fourth-order valence-corrected chi connectivity index (χ4v) is 8.89. The number of alkyl halides is 9. The number of hydrogen-bond acceptors (Lipinski definition) is 9. The fraction of sp³-hybridized carbons (Fsp3) is 0.118. The van der Waals surface area contributed by atoms with Gasteiger partial charge in [0.1, 0.15) is 84.9 Å². The lowest BCUT2D eigenvalue weighted by Crippen LogP contribution is -2.64. The van der Waals surface area contributed by atoms with Crippen LogP contribution in [0.15, 0.2) is 16.7 Å². The topological polar surface area (TPSA) is 110 Å². The van der Waals surface area contributed by atoms with E-state index in [0.29, 0.717) is 0 Å². The van der Waals surface area contributed by atoms with E-state index in [2.05, 4.69) is 15.0 Å². The van der Waals surface area contributed by atoms with E-state index in [1.54, 1.807) is 0 Å². The van der Waals surface area contributed by atoms with E-state index in [4.69, 9.17) is 0 Å². The van der Waals surface area contributed by atoms with E-state index < -0.39 is 188 Å². The van der Waals surface area contributed by atoms with Crippen LogP contribution in [0.3, 0.4) is 0 Å². The third-order valence-corrected chi connectivity index (χ3v) is 11.3. The monoisotopic (exact) mass is 914 g/mol. The molecule has 3 aliphatic carbocycles. The zero-order valence-corrected chi connectivity index (χ0v) is 30.3. The summed E-state index contributed by atoms with van der Waals surface area (Å²) in [4.78, 5) is 8.20. The van der Waals surface area contributed by atoms with Gasteiger partial charge in [-0.2, -0.15) is 64.1 Å². The second kappa shape index (κ2) is 13.7. The first kappa shape index (κ1) is 42.0. The number of benzene rings is 1. The van der Waals surface area contributed by atoms with Crippen LogP contribution in [0.5, 0.6) is 0 Å². The van der Waals surface area contributed by atoms with Crippen molar-refractivity contribution in [3.8, 4) is 18.2 Å². The number of nitriles is 3. The molecule has 26 heteroatoms. The van der Waals surface area contributed by atoms with Crippen LogP contribution in [0.25, 0.3) is 51.7 Å². The third-order valence-electron chi connectivity index (χ3n) is 8.63. The van der Waals surface area contributed by atoms with Crippen LogP contribution < -0.4 is 31.3 Å². The average molecular weight is 915 g/mol. The molecule has 0 amide bonds. The molecule has 4 aromatic rings. The quantitative estimate of drug-likeness (QED) is 0.160. The summed E-state index contributed by atoms with van der Waals surface area (Å²) >= 11 is -1.16. The SMILES string of the molecule is Cc1sc(C(C#N)=C2C(F)=c3c(c4c(c5c3=C(F)/C(=C(\C#N)c3nc(C(F)(F)F)c(F)s3)C=5F)=C(F)/C(=C(\C#N)c3nc(C(F)(F)F)c(F)s3)C=4F)=C2F)nc1C(F)(F)F. The van der Waals surface area contributed by atoms with E-state index in [1.807, 2.05) is 0 Å². The molecule has 0 fully saturated rings. The van der Waals surface area contributed by atoms with Gasteiger partial charge in [-0.25, -0.2) is 41.3 Å². The molecular formula is C34H3F17N6S3. The number of aryl methyl sites for hydroxylation is 1. The summed E-state index contributed by atoms with van der Waals surface area (Å²) in [7, 11) is 0. The number of halogens is 17. The second-order valence-electron chi connectivity index (χ2n) is 11.9. The number of fused-ring (bicyclic) bond motifs is 6. The molecule has 0 saturated heterocycles. The Morgan fingerprint density at radius 3 is 0.850 bits per heavy atom. The van der Waals surface area contributed by atoms with Gasteiger partial charge in [0.2, 0.25) is 10.3 Å². The van der Waals surface area contributed by atoms with Crippen LogP contribution in [0.4, 0.5) is 74.6 Å². The molecule has 6 nitrogen and oxygen atoms in total.